The van der Waals surface area contributed by atoms with Gasteiger partial charge in [-0.15, -0.1) is 5.10 Å². The summed E-state index contributed by atoms with van der Waals surface area (Å²) in [5, 5.41) is 8.73. The third kappa shape index (κ3) is 3.97. The van der Waals surface area contributed by atoms with Crippen LogP contribution in [-0.2, 0) is 4.79 Å². The normalized spacial score (nSPS) is 11.3. The summed E-state index contributed by atoms with van der Waals surface area (Å²) in [5.41, 5.74) is 4.13. The van der Waals surface area contributed by atoms with Gasteiger partial charge in [-0.3, -0.25) is 4.79 Å². The van der Waals surface area contributed by atoms with Crippen molar-refractivity contribution in [3.8, 4) is 22.4 Å². The molecule has 3 rings (SSSR count). The van der Waals surface area contributed by atoms with Gasteiger partial charge >= 0.3 is 0 Å². The summed E-state index contributed by atoms with van der Waals surface area (Å²) >= 11 is 0. The van der Waals surface area contributed by atoms with E-state index in [4.69, 9.17) is 0 Å². The molecule has 0 aliphatic carbocycles. The van der Waals surface area contributed by atoms with Crippen molar-refractivity contribution in [2.45, 2.75) is 19.8 Å². The Morgan fingerprint density at radius 1 is 0.852 bits per heavy atom. The van der Waals surface area contributed by atoms with Gasteiger partial charge in [0.2, 0.25) is 0 Å². The second-order valence-electron chi connectivity index (χ2n) is 6.39. The van der Waals surface area contributed by atoms with Crippen LogP contribution in [0.3, 0.4) is 0 Å². The fraction of sp³-hybridized carbons (Fsp3) is 0.136. The van der Waals surface area contributed by atoms with E-state index in [0.717, 1.165) is 22.4 Å². The van der Waals surface area contributed by atoms with Crippen molar-refractivity contribution in [2.75, 3.05) is 0 Å². The first-order chi connectivity index (χ1) is 13.0. The Morgan fingerprint density at radius 3 is 1.93 bits per heavy atom. The number of nitrogens with zero attached hydrogens (tertiary/aromatic N) is 2. The van der Waals surface area contributed by atoms with Gasteiger partial charge in [-0.1, -0.05) is 26.0 Å². The maximum absolute atomic E-state index is 13.5. The van der Waals surface area contributed by atoms with Gasteiger partial charge in [0.25, 0.3) is 0 Å². The number of carbonyl (C=O) groups excluding carboxylic acids is 1. The molecule has 0 amide bonds. The molecule has 27 heavy (non-hydrogen) atoms. The second-order valence-corrected chi connectivity index (χ2v) is 6.39. The van der Waals surface area contributed by atoms with E-state index in [2.05, 4.69) is 10.2 Å². The number of allylic oxidation sites excluding steroid dienone is 1. The molecule has 1 aromatic heterocycles. The summed E-state index contributed by atoms with van der Waals surface area (Å²) in [7, 11) is 0. The van der Waals surface area contributed by atoms with Crippen LogP contribution in [0.4, 0.5) is 8.78 Å². The number of carbonyl (C=O) groups is 1. The molecule has 0 spiro atoms. The van der Waals surface area contributed by atoms with Crippen LogP contribution in [0.2, 0.25) is 0 Å². The molecular weight excluding hydrogens is 346 g/mol. The highest BCUT2D eigenvalue weighted by atomic mass is 19.1. The first kappa shape index (κ1) is 18.6. The SMILES string of the molecule is CC(C)c1nnc(-c2ccc(F)cc2)c(-c2ccc(F)cc2)c1C=CC=O. The van der Waals surface area contributed by atoms with Crippen molar-refractivity contribution in [1.82, 2.24) is 10.2 Å². The van der Waals surface area contributed by atoms with Gasteiger partial charge in [0.15, 0.2) is 0 Å². The lowest BCUT2D eigenvalue weighted by Gasteiger charge is -2.17. The molecule has 136 valence electrons. The minimum Gasteiger partial charge on any atom is -0.299 e. The first-order valence-corrected chi connectivity index (χ1v) is 8.55. The zero-order valence-electron chi connectivity index (χ0n) is 15.0. The van der Waals surface area contributed by atoms with Crippen LogP contribution < -0.4 is 0 Å². The Morgan fingerprint density at radius 2 is 1.41 bits per heavy atom. The highest BCUT2D eigenvalue weighted by Crippen LogP contribution is 2.37. The number of halogens is 2. The number of aromatic nitrogens is 2. The lowest BCUT2D eigenvalue weighted by Crippen LogP contribution is -2.05. The van der Waals surface area contributed by atoms with Crippen LogP contribution >= 0.6 is 0 Å². The van der Waals surface area contributed by atoms with Gasteiger partial charge in [-0.05, 0) is 60.0 Å². The molecule has 0 aliphatic rings. The van der Waals surface area contributed by atoms with Crippen LogP contribution in [0.25, 0.3) is 28.5 Å². The van der Waals surface area contributed by atoms with E-state index in [1.807, 2.05) is 13.8 Å². The van der Waals surface area contributed by atoms with Crippen LogP contribution in [0.15, 0.2) is 54.6 Å². The molecule has 0 atom stereocenters. The Hall–Kier alpha value is -3.21. The molecule has 2 aromatic carbocycles. The summed E-state index contributed by atoms with van der Waals surface area (Å²) in [6, 6.07) is 12.0. The number of benzene rings is 2. The van der Waals surface area contributed by atoms with Gasteiger partial charge in [0, 0.05) is 16.7 Å². The highest BCUT2D eigenvalue weighted by molar-refractivity contribution is 5.89. The summed E-state index contributed by atoms with van der Waals surface area (Å²) in [6.45, 7) is 3.96. The van der Waals surface area contributed by atoms with Crippen LogP contribution in [0.1, 0.15) is 31.0 Å². The molecule has 0 aliphatic heterocycles. The molecule has 0 unspecified atom stereocenters. The molecule has 3 aromatic rings. The Kier molecular flexibility index (Phi) is 5.50. The summed E-state index contributed by atoms with van der Waals surface area (Å²) in [4.78, 5) is 10.9. The molecule has 0 saturated heterocycles. The van der Waals surface area contributed by atoms with Crippen LogP contribution in [0.5, 0.6) is 0 Å². The van der Waals surface area contributed by atoms with Gasteiger partial charge in [0.1, 0.15) is 23.6 Å². The minimum atomic E-state index is -0.352. The number of hydrogen-bond acceptors (Lipinski definition) is 3. The van der Waals surface area contributed by atoms with E-state index in [9.17, 15) is 13.6 Å². The standard InChI is InChI=1S/C22H18F2N2O/c1-14(2)21-19(4-3-13-27)20(15-5-9-17(23)10-6-15)22(26-25-21)16-7-11-18(24)12-8-16/h3-14H,1-2H3. The third-order valence-corrected chi connectivity index (χ3v) is 4.18. The predicted octanol–water partition coefficient (Wildman–Crippen LogP) is 5.42. The lowest BCUT2D eigenvalue weighted by atomic mass is 9.91. The quantitative estimate of drug-likeness (QED) is 0.448. The minimum absolute atomic E-state index is 0.0604. The smallest absolute Gasteiger partial charge is 0.142 e. The Labute approximate surface area is 156 Å². The average molecular weight is 364 g/mol. The van der Waals surface area contributed by atoms with E-state index in [1.165, 1.54) is 30.3 Å². The van der Waals surface area contributed by atoms with E-state index < -0.39 is 0 Å². The maximum Gasteiger partial charge on any atom is 0.142 e. The maximum atomic E-state index is 13.5. The second kappa shape index (κ2) is 7.99. The van der Waals surface area contributed by atoms with Crippen molar-refractivity contribution in [2.24, 2.45) is 0 Å². The van der Waals surface area contributed by atoms with Crippen molar-refractivity contribution < 1.29 is 13.6 Å². The molecule has 0 radical (unpaired) electrons. The molecule has 3 nitrogen and oxygen atoms in total. The molecule has 0 saturated carbocycles. The number of aldehydes is 1. The number of rotatable bonds is 5. The van der Waals surface area contributed by atoms with Gasteiger partial charge < -0.3 is 0 Å². The monoisotopic (exact) mass is 364 g/mol. The average Bonchev–Trinajstić information content (AvgIpc) is 2.67. The van der Waals surface area contributed by atoms with Gasteiger partial charge in [-0.2, -0.15) is 5.10 Å². The van der Waals surface area contributed by atoms with Crippen molar-refractivity contribution in [3.63, 3.8) is 0 Å². The topological polar surface area (TPSA) is 42.9 Å². The fourth-order valence-corrected chi connectivity index (χ4v) is 2.91. The van der Waals surface area contributed by atoms with Gasteiger partial charge in [-0.25, -0.2) is 8.78 Å². The van der Waals surface area contributed by atoms with Crippen molar-refractivity contribution in [3.05, 3.63) is 77.5 Å². The van der Waals surface area contributed by atoms with E-state index in [1.54, 1.807) is 30.3 Å². The molecule has 0 bridgehead atoms. The molecule has 5 heteroatoms. The number of hydrogen-bond donors (Lipinski definition) is 0. The third-order valence-electron chi connectivity index (χ3n) is 4.18. The predicted molar refractivity (Wildman–Crippen MR) is 102 cm³/mol. The molecule has 0 N–H and O–H groups in total. The van der Waals surface area contributed by atoms with Crippen LogP contribution in [-0.4, -0.2) is 16.5 Å². The highest BCUT2D eigenvalue weighted by Gasteiger charge is 2.19. The Bertz CT molecular complexity index is 978. The zero-order valence-corrected chi connectivity index (χ0v) is 15.0. The van der Waals surface area contributed by atoms with E-state index in [-0.39, 0.29) is 17.6 Å². The fourth-order valence-electron chi connectivity index (χ4n) is 2.91. The first-order valence-electron chi connectivity index (χ1n) is 8.55. The van der Waals surface area contributed by atoms with E-state index in [0.29, 0.717) is 17.5 Å². The summed E-state index contributed by atoms with van der Waals surface area (Å²) in [5.74, 6) is -0.640. The molecule has 1 heterocycles. The summed E-state index contributed by atoms with van der Waals surface area (Å²) in [6.07, 6.45) is 3.77. The van der Waals surface area contributed by atoms with Crippen LogP contribution in [0, 0.1) is 11.6 Å². The van der Waals surface area contributed by atoms with Crippen molar-refractivity contribution >= 4 is 12.4 Å². The largest absolute Gasteiger partial charge is 0.299 e. The van der Waals surface area contributed by atoms with E-state index >= 15 is 0 Å². The molecule has 0 fully saturated rings. The lowest BCUT2D eigenvalue weighted by molar-refractivity contribution is -0.104. The summed E-state index contributed by atoms with van der Waals surface area (Å²) < 4.78 is 26.8. The van der Waals surface area contributed by atoms with Crippen molar-refractivity contribution in [1.29, 1.82) is 0 Å². The zero-order chi connectivity index (χ0) is 19.4. The van der Waals surface area contributed by atoms with Gasteiger partial charge in [0.05, 0.1) is 5.69 Å². The molecular formula is C22H18F2N2O. The Balaban J connectivity index is 2.36.